The Bertz CT molecular complexity index is 427. The topological polar surface area (TPSA) is 32.5 Å². The SMILES string of the molecule is CN1CCCN(C(CN)c2cc(Br)ccc2F)CC1. The fraction of sp³-hybridized carbons (Fsp3) is 0.571. The van der Waals surface area contributed by atoms with E-state index in [0.717, 1.165) is 37.1 Å². The molecule has 0 aromatic heterocycles. The summed E-state index contributed by atoms with van der Waals surface area (Å²) in [7, 11) is 2.13. The van der Waals surface area contributed by atoms with Gasteiger partial charge in [0.1, 0.15) is 5.82 Å². The second-order valence-electron chi connectivity index (χ2n) is 5.11. The third kappa shape index (κ3) is 3.75. The molecular weight excluding hydrogens is 309 g/mol. The molecule has 1 fully saturated rings. The third-order valence-corrected chi connectivity index (χ3v) is 4.23. The Labute approximate surface area is 122 Å². The highest BCUT2D eigenvalue weighted by Gasteiger charge is 2.23. The first-order valence-electron chi connectivity index (χ1n) is 6.69. The zero-order valence-electron chi connectivity index (χ0n) is 11.3. The van der Waals surface area contributed by atoms with E-state index in [1.807, 2.05) is 6.07 Å². The van der Waals surface area contributed by atoms with Crippen molar-refractivity contribution in [2.45, 2.75) is 12.5 Å². The van der Waals surface area contributed by atoms with Crippen molar-refractivity contribution in [3.05, 3.63) is 34.1 Å². The third-order valence-electron chi connectivity index (χ3n) is 3.74. The second kappa shape index (κ2) is 6.79. The zero-order chi connectivity index (χ0) is 13.8. The van der Waals surface area contributed by atoms with Crippen LogP contribution in [0.2, 0.25) is 0 Å². The van der Waals surface area contributed by atoms with E-state index in [1.54, 1.807) is 6.07 Å². The van der Waals surface area contributed by atoms with E-state index >= 15 is 0 Å². The number of hydrogen-bond acceptors (Lipinski definition) is 3. The van der Waals surface area contributed by atoms with Crippen molar-refractivity contribution < 1.29 is 4.39 Å². The number of benzene rings is 1. The van der Waals surface area contributed by atoms with Crippen LogP contribution in [-0.2, 0) is 0 Å². The molecule has 19 heavy (non-hydrogen) atoms. The molecule has 0 radical (unpaired) electrons. The van der Waals surface area contributed by atoms with Crippen LogP contribution in [0.3, 0.4) is 0 Å². The van der Waals surface area contributed by atoms with E-state index in [4.69, 9.17) is 5.73 Å². The average Bonchev–Trinajstić information content (AvgIpc) is 2.60. The lowest BCUT2D eigenvalue weighted by Gasteiger charge is -2.30. The molecule has 1 aliphatic heterocycles. The number of nitrogens with two attached hydrogens (primary N) is 1. The van der Waals surface area contributed by atoms with Gasteiger partial charge in [-0.05, 0) is 38.2 Å². The molecule has 3 nitrogen and oxygen atoms in total. The molecule has 1 atom stereocenters. The maximum Gasteiger partial charge on any atom is 0.128 e. The summed E-state index contributed by atoms with van der Waals surface area (Å²) in [6.07, 6.45) is 1.10. The first-order valence-corrected chi connectivity index (χ1v) is 7.48. The molecule has 1 heterocycles. The lowest BCUT2D eigenvalue weighted by atomic mass is 10.0. The Hall–Kier alpha value is -0.490. The normalized spacial score (nSPS) is 20.2. The molecule has 0 saturated carbocycles. The lowest BCUT2D eigenvalue weighted by Crippen LogP contribution is -2.37. The minimum Gasteiger partial charge on any atom is -0.329 e. The summed E-state index contributed by atoms with van der Waals surface area (Å²) in [5, 5.41) is 0. The van der Waals surface area contributed by atoms with E-state index in [9.17, 15) is 4.39 Å². The highest BCUT2D eigenvalue weighted by molar-refractivity contribution is 9.10. The van der Waals surface area contributed by atoms with Crippen LogP contribution < -0.4 is 5.73 Å². The van der Waals surface area contributed by atoms with E-state index in [1.165, 1.54) is 6.07 Å². The molecule has 1 aromatic carbocycles. The van der Waals surface area contributed by atoms with Crippen molar-refractivity contribution in [3.63, 3.8) is 0 Å². The van der Waals surface area contributed by atoms with Gasteiger partial charge in [-0.25, -0.2) is 4.39 Å². The van der Waals surface area contributed by atoms with Crippen LogP contribution in [0.1, 0.15) is 18.0 Å². The van der Waals surface area contributed by atoms with Gasteiger partial charge in [0.2, 0.25) is 0 Å². The Morgan fingerprint density at radius 3 is 2.84 bits per heavy atom. The van der Waals surface area contributed by atoms with Gasteiger partial charge >= 0.3 is 0 Å². The van der Waals surface area contributed by atoms with Gasteiger partial charge in [0.05, 0.1) is 0 Å². The Morgan fingerprint density at radius 2 is 2.11 bits per heavy atom. The van der Waals surface area contributed by atoms with Gasteiger partial charge in [0.25, 0.3) is 0 Å². The molecule has 2 N–H and O–H groups in total. The molecule has 1 unspecified atom stereocenters. The summed E-state index contributed by atoms with van der Waals surface area (Å²) >= 11 is 3.41. The lowest BCUT2D eigenvalue weighted by molar-refractivity contribution is 0.204. The predicted octanol–water partition coefficient (Wildman–Crippen LogP) is 2.23. The van der Waals surface area contributed by atoms with Crippen molar-refractivity contribution in [2.24, 2.45) is 5.73 Å². The van der Waals surface area contributed by atoms with Gasteiger partial charge in [-0.2, -0.15) is 0 Å². The number of halogens is 2. The molecular formula is C14H21BrFN3. The summed E-state index contributed by atoms with van der Waals surface area (Å²) in [5.41, 5.74) is 6.60. The first-order chi connectivity index (χ1) is 9.11. The fourth-order valence-corrected chi connectivity index (χ4v) is 3.00. The van der Waals surface area contributed by atoms with Crippen LogP contribution in [0.5, 0.6) is 0 Å². The van der Waals surface area contributed by atoms with Crippen LogP contribution >= 0.6 is 15.9 Å². The molecule has 1 aromatic rings. The van der Waals surface area contributed by atoms with Gasteiger partial charge in [0.15, 0.2) is 0 Å². The summed E-state index contributed by atoms with van der Waals surface area (Å²) in [6, 6.07) is 5.04. The number of nitrogens with zero attached hydrogens (tertiary/aromatic N) is 2. The van der Waals surface area contributed by atoms with Crippen molar-refractivity contribution in [2.75, 3.05) is 39.8 Å². The van der Waals surface area contributed by atoms with Gasteiger partial charge in [-0.1, -0.05) is 15.9 Å². The Kier molecular flexibility index (Phi) is 5.33. The fourth-order valence-electron chi connectivity index (χ4n) is 2.62. The predicted molar refractivity (Wildman–Crippen MR) is 79.6 cm³/mol. The maximum absolute atomic E-state index is 14.0. The van der Waals surface area contributed by atoms with Gasteiger partial charge in [-0.3, -0.25) is 4.90 Å². The Balaban J connectivity index is 2.21. The zero-order valence-corrected chi connectivity index (χ0v) is 12.9. The van der Waals surface area contributed by atoms with Crippen LogP contribution in [0.25, 0.3) is 0 Å². The summed E-state index contributed by atoms with van der Waals surface area (Å²) in [4.78, 5) is 4.61. The largest absolute Gasteiger partial charge is 0.329 e. The highest BCUT2D eigenvalue weighted by atomic mass is 79.9. The number of rotatable bonds is 3. The molecule has 5 heteroatoms. The van der Waals surface area contributed by atoms with E-state index in [-0.39, 0.29) is 11.9 Å². The summed E-state index contributed by atoms with van der Waals surface area (Å²) in [5.74, 6) is -0.170. The van der Waals surface area contributed by atoms with Crippen molar-refractivity contribution in [1.82, 2.24) is 9.80 Å². The molecule has 0 amide bonds. The Morgan fingerprint density at radius 1 is 1.32 bits per heavy atom. The molecule has 2 rings (SSSR count). The minimum atomic E-state index is -0.170. The van der Waals surface area contributed by atoms with E-state index in [2.05, 4.69) is 32.8 Å². The highest BCUT2D eigenvalue weighted by Crippen LogP contribution is 2.26. The van der Waals surface area contributed by atoms with Crippen LogP contribution in [0, 0.1) is 5.82 Å². The maximum atomic E-state index is 14.0. The minimum absolute atomic E-state index is 0.0380. The standard InChI is InChI=1S/C14H21BrFN3/c1-18-5-2-6-19(8-7-18)14(10-17)12-9-11(15)3-4-13(12)16/h3-4,9,14H,2,5-8,10,17H2,1H3. The van der Waals surface area contributed by atoms with Crippen molar-refractivity contribution >= 4 is 15.9 Å². The van der Waals surface area contributed by atoms with Gasteiger partial charge in [-0.15, -0.1) is 0 Å². The number of hydrogen-bond donors (Lipinski definition) is 1. The summed E-state index contributed by atoms with van der Waals surface area (Å²) < 4.78 is 14.9. The van der Waals surface area contributed by atoms with Crippen LogP contribution in [0.4, 0.5) is 4.39 Å². The quantitative estimate of drug-likeness (QED) is 0.922. The van der Waals surface area contributed by atoms with Crippen LogP contribution in [0.15, 0.2) is 22.7 Å². The first kappa shape index (κ1) is 14.9. The van der Waals surface area contributed by atoms with Gasteiger partial charge < -0.3 is 10.6 Å². The second-order valence-corrected chi connectivity index (χ2v) is 6.03. The van der Waals surface area contributed by atoms with E-state index < -0.39 is 0 Å². The van der Waals surface area contributed by atoms with Gasteiger partial charge in [0, 0.05) is 42.3 Å². The summed E-state index contributed by atoms with van der Waals surface area (Å²) in [6.45, 7) is 4.44. The molecule has 1 aliphatic rings. The molecule has 0 aliphatic carbocycles. The van der Waals surface area contributed by atoms with E-state index in [0.29, 0.717) is 12.1 Å². The molecule has 0 spiro atoms. The van der Waals surface area contributed by atoms with Crippen molar-refractivity contribution in [3.8, 4) is 0 Å². The monoisotopic (exact) mass is 329 g/mol. The molecule has 1 saturated heterocycles. The van der Waals surface area contributed by atoms with Crippen LogP contribution in [-0.4, -0.2) is 49.6 Å². The average molecular weight is 330 g/mol. The number of likely N-dealkylation sites (N-methyl/N-ethyl adjacent to an activating group) is 1. The smallest absolute Gasteiger partial charge is 0.128 e. The van der Waals surface area contributed by atoms with Crippen molar-refractivity contribution in [1.29, 1.82) is 0 Å². The molecule has 0 bridgehead atoms. The molecule has 106 valence electrons.